The highest BCUT2D eigenvalue weighted by molar-refractivity contribution is 5.68. The molecular weight excluding hydrogens is 356 g/mol. The molecule has 1 unspecified atom stereocenters. The van der Waals surface area contributed by atoms with Crippen LogP contribution in [0, 0.1) is 0 Å². The maximum Gasteiger partial charge on any atom is 0.410 e. The number of rotatable bonds is 2. The van der Waals surface area contributed by atoms with Gasteiger partial charge in [0.2, 0.25) is 5.79 Å². The number of amides is 1. The van der Waals surface area contributed by atoms with Gasteiger partial charge in [-0.05, 0) is 59.2 Å². The second kappa shape index (κ2) is 7.14. The van der Waals surface area contributed by atoms with Crippen LogP contribution < -0.4 is 9.47 Å². The van der Waals surface area contributed by atoms with Gasteiger partial charge >= 0.3 is 6.09 Å². The molecule has 1 saturated heterocycles. The van der Waals surface area contributed by atoms with Gasteiger partial charge in [-0.3, -0.25) is 4.90 Å². The molecule has 1 fully saturated rings. The van der Waals surface area contributed by atoms with Crippen molar-refractivity contribution in [1.82, 2.24) is 9.80 Å². The van der Waals surface area contributed by atoms with E-state index in [1.165, 1.54) is 5.56 Å². The molecule has 0 N–H and O–H groups in total. The zero-order valence-corrected chi connectivity index (χ0v) is 18.4. The summed E-state index contributed by atoms with van der Waals surface area (Å²) in [5.74, 6) is 0.963. The van der Waals surface area contributed by atoms with E-state index in [9.17, 15) is 4.79 Å². The largest absolute Gasteiger partial charge is 0.449 e. The van der Waals surface area contributed by atoms with Crippen LogP contribution in [0.3, 0.4) is 0 Å². The first-order valence-corrected chi connectivity index (χ1v) is 10.1. The molecular formula is C22H34N2O4. The van der Waals surface area contributed by atoms with Crippen LogP contribution in [-0.2, 0) is 4.74 Å². The Morgan fingerprint density at radius 3 is 2.43 bits per heavy atom. The van der Waals surface area contributed by atoms with Crippen molar-refractivity contribution in [2.45, 2.75) is 84.9 Å². The molecule has 3 atom stereocenters. The van der Waals surface area contributed by atoms with Crippen molar-refractivity contribution in [3.8, 4) is 11.5 Å². The average molecular weight is 391 g/mol. The summed E-state index contributed by atoms with van der Waals surface area (Å²) in [6, 6.07) is 6.68. The lowest BCUT2D eigenvalue weighted by molar-refractivity contribution is -0.0431. The molecule has 1 aromatic carbocycles. The van der Waals surface area contributed by atoms with E-state index in [1.807, 2.05) is 45.6 Å². The van der Waals surface area contributed by atoms with E-state index in [0.29, 0.717) is 6.54 Å². The van der Waals surface area contributed by atoms with E-state index in [-0.39, 0.29) is 24.2 Å². The highest BCUT2D eigenvalue weighted by Crippen LogP contribution is 2.41. The summed E-state index contributed by atoms with van der Waals surface area (Å²) in [4.78, 5) is 16.8. The number of hydrogen-bond acceptors (Lipinski definition) is 5. The van der Waals surface area contributed by atoms with Crippen LogP contribution in [0.4, 0.5) is 4.79 Å². The van der Waals surface area contributed by atoms with Crippen LogP contribution in [0.5, 0.6) is 11.5 Å². The normalized spacial score (nSPS) is 25.5. The Morgan fingerprint density at radius 1 is 1.14 bits per heavy atom. The average Bonchev–Trinajstić information content (AvgIpc) is 2.87. The fraction of sp³-hybridized carbons (Fsp3) is 0.682. The molecule has 0 radical (unpaired) electrons. The zero-order valence-electron chi connectivity index (χ0n) is 18.4. The minimum Gasteiger partial charge on any atom is -0.449 e. The molecule has 0 spiro atoms. The summed E-state index contributed by atoms with van der Waals surface area (Å²) >= 11 is 0. The first-order valence-electron chi connectivity index (χ1n) is 10.1. The fourth-order valence-corrected chi connectivity index (χ4v) is 3.96. The number of carbonyl (C=O) groups is 1. The summed E-state index contributed by atoms with van der Waals surface area (Å²) in [6.45, 7) is 17.4. The molecule has 156 valence electrons. The maximum absolute atomic E-state index is 12.6. The van der Waals surface area contributed by atoms with E-state index in [2.05, 4.69) is 37.8 Å². The lowest BCUT2D eigenvalue weighted by atomic mass is 10.0. The van der Waals surface area contributed by atoms with Gasteiger partial charge in [0.05, 0.1) is 0 Å². The number of ether oxygens (including phenoxy) is 3. The number of nitrogens with zero attached hydrogens (tertiary/aromatic N) is 2. The first-order chi connectivity index (χ1) is 12.9. The van der Waals surface area contributed by atoms with Gasteiger partial charge in [0.15, 0.2) is 11.5 Å². The Bertz CT molecular complexity index is 741. The van der Waals surface area contributed by atoms with Gasteiger partial charge < -0.3 is 19.1 Å². The third-order valence-corrected chi connectivity index (χ3v) is 5.32. The van der Waals surface area contributed by atoms with Crippen molar-refractivity contribution in [2.75, 3.05) is 13.1 Å². The number of fused-ring (bicyclic) bond motifs is 1. The second-order valence-electron chi connectivity index (χ2n) is 9.51. The minimum atomic E-state index is -0.620. The number of carbonyl (C=O) groups excluding carboxylic acids is 1. The zero-order chi connectivity index (χ0) is 20.9. The topological polar surface area (TPSA) is 51.2 Å². The SMILES string of the molecule is CC(c1ccc2c(c1)OC(C)(C)O2)N1C[C@H](C)N(C(=O)OC(C)(C)C)C[C@H]1C. The van der Waals surface area contributed by atoms with Gasteiger partial charge in [-0.25, -0.2) is 4.79 Å². The van der Waals surface area contributed by atoms with Crippen LogP contribution in [-0.4, -0.2) is 52.5 Å². The Hall–Kier alpha value is -1.95. The first kappa shape index (κ1) is 20.8. The maximum atomic E-state index is 12.6. The third-order valence-electron chi connectivity index (χ3n) is 5.32. The monoisotopic (exact) mass is 390 g/mol. The summed E-state index contributed by atoms with van der Waals surface area (Å²) < 4.78 is 17.3. The van der Waals surface area contributed by atoms with E-state index in [1.54, 1.807) is 0 Å². The lowest BCUT2D eigenvalue weighted by Crippen LogP contribution is -2.59. The third kappa shape index (κ3) is 4.37. The molecule has 6 heteroatoms. The Balaban J connectivity index is 1.71. The van der Waals surface area contributed by atoms with Gasteiger partial charge in [0, 0.05) is 45.1 Å². The molecule has 0 aliphatic carbocycles. The number of hydrogen-bond donors (Lipinski definition) is 0. The molecule has 1 aromatic rings. The molecule has 0 bridgehead atoms. The van der Waals surface area contributed by atoms with Crippen LogP contribution in [0.15, 0.2) is 18.2 Å². The minimum absolute atomic E-state index is 0.0847. The van der Waals surface area contributed by atoms with Crippen molar-refractivity contribution < 1.29 is 19.0 Å². The number of benzene rings is 1. The lowest BCUT2D eigenvalue weighted by Gasteiger charge is -2.46. The van der Waals surface area contributed by atoms with Gasteiger partial charge in [-0.1, -0.05) is 6.07 Å². The van der Waals surface area contributed by atoms with Crippen LogP contribution in [0.1, 0.15) is 67.0 Å². The van der Waals surface area contributed by atoms with E-state index in [0.717, 1.165) is 18.0 Å². The van der Waals surface area contributed by atoms with Crippen molar-refractivity contribution in [1.29, 1.82) is 0 Å². The molecule has 2 heterocycles. The predicted octanol–water partition coefficient (Wildman–Crippen LogP) is 4.58. The molecule has 6 nitrogen and oxygen atoms in total. The number of piperazine rings is 1. The summed E-state index contributed by atoms with van der Waals surface area (Å²) in [7, 11) is 0. The second-order valence-corrected chi connectivity index (χ2v) is 9.51. The highest BCUT2D eigenvalue weighted by atomic mass is 16.7. The van der Waals surface area contributed by atoms with E-state index in [4.69, 9.17) is 14.2 Å². The fourth-order valence-electron chi connectivity index (χ4n) is 3.96. The van der Waals surface area contributed by atoms with Crippen molar-refractivity contribution >= 4 is 6.09 Å². The van der Waals surface area contributed by atoms with Crippen LogP contribution in [0.2, 0.25) is 0 Å². The summed E-state index contributed by atoms with van der Waals surface area (Å²) in [6.07, 6.45) is -0.232. The summed E-state index contributed by atoms with van der Waals surface area (Å²) in [5, 5.41) is 0. The van der Waals surface area contributed by atoms with Crippen molar-refractivity contribution in [2.24, 2.45) is 0 Å². The molecule has 0 aromatic heterocycles. The van der Waals surface area contributed by atoms with Gasteiger partial charge in [-0.15, -0.1) is 0 Å². The van der Waals surface area contributed by atoms with Gasteiger partial charge in [-0.2, -0.15) is 0 Å². The van der Waals surface area contributed by atoms with Gasteiger partial charge in [0.25, 0.3) is 0 Å². The highest BCUT2D eigenvalue weighted by Gasteiger charge is 2.37. The smallest absolute Gasteiger partial charge is 0.410 e. The Labute approximate surface area is 168 Å². The van der Waals surface area contributed by atoms with Crippen molar-refractivity contribution in [3.63, 3.8) is 0 Å². The molecule has 1 amide bonds. The van der Waals surface area contributed by atoms with Crippen molar-refractivity contribution in [3.05, 3.63) is 23.8 Å². The van der Waals surface area contributed by atoms with E-state index >= 15 is 0 Å². The Morgan fingerprint density at radius 2 is 1.79 bits per heavy atom. The van der Waals surface area contributed by atoms with Crippen LogP contribution >= 0.6 is 0 Å². The quantitative estimate of drug-likeness (QED) is 0.739. The molecule has 3 rings (SSSR count). The summed E-state index contributed by atoms with van der Waals surface area (Å²) in [5.41, 5.74) is 0.704. The molecule has 2 aliphatic rings. The van der Waals surface area contributed by atoms with E-state index < -0.39 is 11.4 Å². The standard InChI is InChI=1S/C22H34N2O4/c1-14-13-24(20(25)28-21(4,5)6)15(2)12-23(14)16(3)17-9-10-18-19(11-17)27-22(7,8)26-18/h9-11,14-16H,12-13H2,1-8H3/t14-,15+,16?/m1/s1. The Kier molecular flexibility index (Phi) is 5.30. The van der Waals surface area contributed by atoms with Crippen LogP contribution in [0.25, 0.3) is 0 Å². The van der Waals surface area contributed by atoms with Gasteiger partial charge in [0.1, 0.15) is 5.60 Å². The molecule has 2 aliphatic heterocycles. The molecule has 28 heavy (non-hydrogen) atoms. The molecule has 0 saturated carbocycles. The predicted molar refractivity (Wildman–Crippen MR) is 109 cm³/mol.